The summed E-state index contributed by atoms with van der Waals surface area (Å²) in [6.45, 7) is 5.49. The van der Waals surface area contributed by atoms with Gasteiger partial charge < -0.3 is 15.2 Å². The van der Waals surface area contributed by atoms with Crippen LogP contribution in [0.15, 0.2) is 23.1 Å². The summed E-state index contributed by atoms with van der Waals surface area (Å²) in [5, 5.41) is 3.33. The molecule has 1 aliphatic heterocycles. The van der Waals surface area contributed by atoms with Crippen LogP contribution >= 0.6 is 0 Å². The Labute approximate surface area is 113 Å². The minimum absolute atomic E-state index is 0.0490. The summed E-state index contributed by atoms with van der Waals surface area (Å²) in [4.78, 5) is 28.0. The molecule has 1 saturated heterocycles. The van der Waals surface area contributed by atoms with Gasteiger partial charge >= 0.3 is 0 Å². The van der Waals surface area contributed by atoms with E-state index in [9.17, 15) is 9.59 Å². The second-order valence-corrected chi connectivity index (χ2v) is 4.98. The van der Waals surface area contributed by atoms with Crippen molar-refractivity contribution in [3.05, 3.63) is 34.2 Å². The minimum atomic E-state index is -0.233. The molecule has 1 fully saturated rings. The Kier molecular flexibility index (Phi) is 4.74. The Morgan fingerprint density at radius 3 is 2.79 bits per heavy atom. The first kappa shape index (κ1) is 13.8. The molecule has 1 aliphatic rings. The van der Waals surface area contributed by atoms with E-state index in [2.05, 4.69) is 10.3 Å². The number of hydrogen-bond acceptors (Lipinski definition) is 3. The number of H-pyrrole nitrogens is 1. The van der Waals surface area contributed by atoms with Gasteiger partial charge in [0.25, 0.3) is 5.91 Å². The van der Waals surface area contributed by atoms with Crippen molar-refractivity contribution in [2.24, 2.45) is 5.92 Å². The fourth-order valence-electron chi connectivity index (χ4n) is 2.49. The average Bonchev–Trinajstić information content (AvgIpc) is 2.45. The third kappa shape index (κ3) is 3.67. The van der Waals surface area contributed by atoms with Gasteiger partial charge in [0.2, 0.25) is 5.56 Å². The van der Waals surface area contributed by atoms with E-state index >= 15 is 0 Å². The normalized spacial score (nSPS) is 16.3. The lowest BCUT2D eigenvalue weighted by atomic mass is 9.97. The number of carbonyl (C=O) groups is 1. The van der Waals surface area contributed by atoms with Crippen LogP contribution in [0.1, 0.15) is 30.1 Å². The highest BCUT2D eigenvalue weighted by molar-refractivity contribution is 5.94. The van der Waals surface area contributed by atoms with Crippen LogP contribution in [0.4, 0.5) is 0 Å². The number of rotatable bonds is 4. The van der Waals surface area contributed by atoms with E-state index < -0.39 is 0 Å². The van der Waals surface area contributed by atoms with Crippen molar-refractivity contribution >= 4 is 5.91 Å². The van der Waals surface area contributed by atoms with Crippen LogP contribution in [0.3, 0.4) is 0 Å². The van der Waals surface area contributed by atoms with Gasteiger partial charge in [0, 0.05) is 30.9 Å². The number of hydrogen-bond donors (Lipinski definition) is 2. The van der Waals surface area contributed by atoms with Crippen molar-refractivity contribution in [1.82, 2.24) is 15.2 Å². The van der Waals surface area contributed by atoms with E-state index in [1.165, 1.54) is 12.3 Å². The monoisotopic (exact) mass is 263 g/mol. The molecule has 104 valence electrons. The second-order valence-electron chi connectivity index (χ2n) is 4.98. The Bertz CT molecular complexity index is 478. The summed E-state index contributed by atoms with van der Waals surface area (Å²) in [6, 6.07) is 3.03. The number of carbonyl (C=O) groups excluding carboxylic acids is 1. The molecular formula is C14H21N3O2. The maximum atomic E-state index is 12.4. The highest BCUT2D eigenvalue weighted by atomic mass is 16.2. The summed E-state index contributed by atoms with van der Waals surface area (Å²) >= 11 is 0. The summed E-state index contributed by atoms with van der Waals surface area (Å²) in [7, 11) is 0. The van der Waals surface area contributed by atoms with Crippen molar-refractivity contribution in [2.45, 2.75) is 19.8 Å². The molecule has 2 N–H and O–H groups in total. The predicted molar refractivity (Wildman–Crippen MR) is 74.2 cm³/mol. The maximum absolute atomic E-state index is 12.4. The molecule has 1 aromatic rings. The van der Waals surface area contributed by atoms with Gasteiger partial charge in [-0.1, -0.05) is 0 Å². The van der Waals surface area contributed by atoms with Crippen molar-refractivity contribution in [1.29, 1.82) is 0 Å². The molecular weight excluding hydrogens is 242 g/mol. The Hall–Kier alpha value is -1.62. The topological polar surface area (TPSA) is 65.2 Å². The van der Waals surface area contributed by atoms with Crippen LogP contribution in [0, 0.1) is 5.92 Å². The smallest absolute Gasteiger partial charge is 0.254 e. The zero-order valence-electron chi connectivity index (χ0n) is 11.3. The van der Waals surface area contributed by atoms with Gasteiger partial charge in [-0.2, -0.15) is 0 Å². The zero-order chi connectivity index (χ0) is 13.7. The lowest BCUT2D eigenvalue weighted by Crippen LogP contribution is -2.39. The van der Waals surface area contributed by atoms with Crippen molar-refractivity contribution in [2.75, 3.05) is 26.2 Å². The van der Waals surface area contributed by atoms with Gasteiger partial charge in [0.05, 0.1) is 0 Å². The van der Waals surface area contributed by atoms with Gasteiger partial charge in [-0.05, 0) is 44.8 Å². The molecule has 0 bridgehead atoms. The van der Waals surface area contributed by atoms with E-state index in [0.717, 1.165) is 32.5 Å². The summed E-state index contributed by atoms with van der Waals surface area (Å²) in [6.07, 6.45) is 3.74. The second kappa shape index (κ2) is 6.52. The van der Waals surface area contributed by atoms with E-state index in [-0.39, 0.29) is 11.5 Å². The Balaban J connectivity index is 2.04. The average molecular weight is 263 g/mol. The number of nitrogens with one attached hydrogen (secondary N) is 2. The first-order chi connectivity index (χ1) is 9.20. The van der Waals surface area contributed by atoms with Crippen molar-refractivity contribution in [3.63, 3.8) is 0 Å². The summed E-state index contributed by atoms with van der Waals surface area (Å²) < 4.78 is 0. The van der Waals surface area contributed by atoms with E-state index in [4.69, 9.17) is 0 Å². The first-order valence-electron chi connectivity index (χ1n) is 6.89. The van der Waals surface area contributed by atoms with Crippen LogP contribution in [-0.4, -0.2) is 42.0 Å². The van der Waals surface area contributed by atoms with Gasteiger partial charge in [-0.15, -0.1) is 0 Å². The lowest BCUT2D eigenvalue weighted by molar-refractivity contribution is 0.0726. The number of nitrogens with zero attached hydrogens (tertiary/aromatic N) is 1. The highest BCUT2D eigenvalue weighted by Gasteiger charge is 2.20. The van der Waals surface area contributed by atoms with Crippen molar-refractivity contribution in [3.8, 4) is 0 Å². The molecule has 5 nitrogen and oxygen atoms in total. The zero-order valence-corrected chi connectivity index (χ0v) is 11.3. The molecule has 2 rings (SSSR count). The van der Waals surface area contributed by atoms with Gasteiger partial charge in [0.1, 0.15) is 0 Å². The molecule has 0 spiro atoms. The number of amides is 1. The predicted octanol–water partition coefficient (Wildman–Crippen LogP) is 0.837. The number of aromatic amines is 1. The van der Waals surface area contributed by atoms with E-state index in [1.54, 1.807) is 6.07 Å². The minimum Gasteiger partial charge on any atom is -0.339 e. The SMILES string of the molecule is CCN(CC1CCNCC1)C(=O)c1cc[nH]c(=O)c1. The maximum Gasteiger partial charge on any atom is 0.254 e. The van der Waals surface area contributed by atoms with Crippen LogP contribution in [-0.2, 0) is 0 Å². The third-order valence-electron chi connectivity index (χ3n) is 3.63. The van der Waals surface area contributed by atoms with E-state index in [0.29, 0.717) is 18.0 Å². The standard InChI is InChI=1S/C14H21N3O2/c1-2-17(10-11-3-6-15-7-4-11)14(19)12-5-8-16-13(18)9-12/h5,8-9,11,15H,2-4,6-7,10H2,1H3,(H,16,18). The number of aromatic nitrogens is 1. The highest BCUT2D eigenvalue weighted by Crippen LogP contribution is 2.14. The fourth-order valence-corrected chi connectivity index (χ4v) is 2.49. The molecule has 1 aromatic heterocycles. The van der Waals surface area contributed by atoms with Crippen LogP contribution in [0.5, 0.6) is 0 Å². The summed E-state index contributed by atoms with van der Waals surface area (Å²) in [5.74, 6) is 0.513. The lowest BCUT2D eigenvalue weighted by Gasteiger charge is -2.29. The van der Waals surface area contributed by atoms with Crippen molar-refractivity contribution < 1.29 is 4.79 Å². The van der Waals surface area contributed by atoms with Gasteiger partial charge in [-0.25, -0.2) is 0 Å². The van der Waals surface area contributed by atoms with Crippen LogP contribution in [0.25, 0.3) is 0 Å². The van der Waals surface area contributed by atoms with Gasteiger partial charge in [-0.3, -0.25) is 9.59 Å². The molecule has 0 atom stereocenters. The summed E-state index contributed by atoms with van der Waals surface area (Å²) in [5.41, 5.74) is 0.239. The largest absolute Gasteiger partial charge is 0.339 e. The molecule has 0 aromatic carbocycles. The molecule has 2 heterocycles. The number of pyridine rings is 1. The van der Waals surface area contributed by atoms with Crippen LogP contribution < -0.4 is 10.9 Å². The molecule has 0 aliphatic carbocycles. The fraction of sp³-hybridized carbons (Fsp3) is 0.571. The quantitative estimate of drug-likeness (QED) is 0.846. The Morgan fingerprint density at radius 1 is 1.42 bits per heavy atom. The Morgan fingerprint density at radius 2 is 2.16 bits per heavy atom. The molecule has 19 heavy (non-hydrogen) atoms. The molecule has 0 radical (unpaired) electrons. The molecule has 5 heteroatoms. The molecule has 0 unspecified atom stereocenters. The molecule has 1 amide bonds. The number of piperidine rings is 1. The molecule has 0 saturated carbocycles. The van der Waals surface area contributed by atoms with Gasteiger partial charge in [0.15, 0.2) is 0 Å². The third-order valence-corrected chi connectivity index (χ3v) is 3.63. The first-order valence-corrected chi connectivity index (χ1v) is 6.89. The van der Waals surface area contributed by atoms with Crippen LogP contribution in [0.2, 0.25) is 0 Å². The van der Waals surface area contributed by atoms with E-state index in [1.807, 2.05) is 11.8 Å².